The van der Waals surface area contributed by atoms with Crippen molar-refractivity contribution in [2.45, 2.75) is 0 Å². The maximum absolute atomic E-state index is 8.39. The van der Waals surface area contributed by atoms with Crippen molar-refractivity contribution in [1.82, 2.24) is 0 Å². The van der Waals surface area contributed by atoms with Crippen LogP contribution in [0.3, 0.4) is 0 Å². The SMILES string of the molecule is N/C(COc1ccccc1/C=N\O)=N/O. The number of oxime groups is 2. The Balaban J connectivity index is 2.75. The minimum atomic E-state index is -0.0364. The first kappa shape index (κ1) is 10.8. The summed E-state index contributed by atoms with van der Waals surface area (Å²) in [5, 5.41) is 22.4. The van der Waals surface area contributed by atoms with Crippen LogP contribution in [0.4, 0.5) is 0 Å². The molecule has 0 aromatic heterocycles. The first-order valence-electron chi connectivity index (χ1n) is 4.13. The number of nitrogens with two attached hydrogens (primary N) is 1. The van der Waals surface area contributed by atoms with Gasteiger partial charge in [-0.3, -0.25) is 0 Å². The average molecular weight is 209 g/mol. The van der Waals surface area contributed by atoms with Gasteiger partial charge in [0.25, 0.3) is 0 Å². The number of para-hydroxylation sites is 1. The van der Waals surface area contributed by atoms with Crippen LogP contribution in [0.15, 0.2) is 34.6 Å². The molecule has 0 aliphatic carbocycles. The van der Waals surface area contributed by atoms with Crippen molar-refractivity contribution >= 4 is 12.1 Å². The van der Waals surface area contributed by atoms with E-state index in [2.05, 4.69) is 10.3 Å². The maximum Gasteiger partial charge on any atom is 0.177 e. The van der Waals surface area contributed by atoms with E-state index in [0.717, 1.165) is 0 Å². The molecule has 80 valence electrons. The van der Waals surface area contributed by atoms with E-state index < -0.39 is 0 Å². The molecular formula is C9H11N3O3. The molecule has 6 heteroatoms. The van der Waals surface area contributed by atoms with Gasteiger partial charge in [-0.25, -0.2) is 0 Å². The monoisotopic (exact) mass is 209 g/mol. The lowest BCUT2D eigenvalue weighted by Crippen LogP contribution is -2.21. The lowest BCUT2D eigenvalue weighted by atomic mass is 10.2. The van der Waals surface area contributed by atoms with Crippen molar-refractivity contribution in [3.8, 4) is 5.75 Å². The van der Waals surface area contributed by atoms with E-state index in [0.29, 0.717) is 11.3 Å². The van der Waals surface area contributed by atoms with Gasteiger partial charge in [0.05, 0.1) is 6.21 Å². The number of ether oxygens (including phenoxy) is 1. The van der Waals surface area contributed by atoms with Gasteiger partial charge in [0, 0.05) is 5.56 Å². The van der Waals surface area contributed by atoms with Crippen LogP contribution in [0.1, 0.15) is 5.56 Å². The van der Waals surface area contributed by atoms with Crippen LogP contribution in [0.5, 0.6) is 5.75 Å². The largest absolute Gasteiger partial charge is 0.485 e. The highest BCUT2D eigenvalue weighted by molar-refractivity contribution is 5.84. The van der Waals surface area contributed by atoms with Gasteiger partial charge in [0.2, 0.25) is 0 Å². The Morgan fingerprint density at radius 1 is 1.40 bits per heavy atom. The fraction of sp³-hybridized carbons (Fsp3) is 0.111. The fourth-order valence-electron chi connectivity index (χ4n) is 0.961. The molecule has 1 aromatic carbocycles. The van der Waals surface area contributed by atoms with E-state index in [1.54, 1.807) is 24.3 Å². The fourth-order valence-corrected chi connectivity index (χ4v) is 0.961. The molecule has 0 unspecified atom stereocenters. The Morgan fingerprint density at radius 2 is 2.13 bits per heavy atom. The summed E-state index contributed by atoms with van der Waals surface area (Å²) in [5.41, 5.74) is 5.84. The third kappa shape index (κ3) is 3.18. The van der Waals surface area contributed by atoms with Crippen LogP contribution in [0.2, 0.25) is 0 Å². The van der Waals surface area contributed by atoms with Crippen molar-refractivity contribution in [1.29, 1.82) is 0 Å². The second-order valence-corrected chi connectivity index (χ2v) is 2.66. The van der Waals surface area contributed by atoms with Crippen molar-refractivity contribution < 1.29 is 15.2 Å². The van der Waals surface area contributed by atoms with E-state index in [4.69, 9.17) is 20.9 Å². The zero-order valence-corrected chi connectivity index (χ0v) is 7.87. The molecule has 0 bridgehead atoms. The Morgan fingerprint density at radius 3 is 2.80 bits per heavy atom. The summed E-state index contributed by atoms with van der Waals surface area (Å²) in [6.07, 6.45) is 1.24. The number of hydrogen-bond donors (Lipinski definition) is 3. The molecule has 0 saturated carbocycles. The number of nitrogens with zero attached hydrogens (tertiary/aromatic N) is 2. The molecule has 15 heavy (non-hydrogen) atoms. The molecule has 0 aliphatic heterocycles. The van der Waals surface area contributed by atoms with Crippen LogP contribution < -0.4 is 10.5 Å². The molecule has 0 fully saturated rings. The van der Waals surface area contributed by atoms with Crippen LogP contribution in [0, 0.1) is 0 Å². The zero-order valence-electron chi connectivity index (χ0n) is 7.87. The highest BCUT2D eigenvalue weighted by Crippen LogP contribution is 2.15. The zero-order chi connectivity index (χ0) is 11.1. The predicted molar refractivity (Wildman–Crippen MR) is 54.7 cm³/mol. The normalized spacial score (nSPS) is 11.9. The van der Waals surface area contributed by atoms with Gasteiger partial charge in [0.15, 0.2) is 5.84 Å². The van der Waals surface area contributed by atoms with Crippen molar-refractivity contribution in [2.24, 2.45) is 16.0 Å². The Labute approximate surface area is 86.3 Å². The number of rotatable bonds is 4. The second kappa shape index (κ2) is 5.48. The van der Waals surface area contributed by atoms with Gasteiger partial charge in [0.1, 0.15) is 12.4 Å². The standard InChI is InChI=1S/C9H11N3O3/c10-9(12-14)6-15-8-4-2-1-3-7(8)5-11-13/h1-5,13-14H,6H2,(H2,10,12)/b11-5-. The molecule has 0 heterocycles. The summed E-state index contributed by atoms with van der Waals surface area (Å²) >= 11 is 0. The van der Waals surface area contributed by atoms with E-state index in [1.165, 1.54) is 6.21 Å². The van der Waals surface area contributed by atoms with Gasteiger partial charge in [-0.05, 0) is 12.1 Å². The quantitative estimate of drug-likeness (QED) is 0.293. The maximum atomic E-state index is 8.39. The molecule has 6 nitrogen and oxygen atoms in total. The molecule has 0 spiro atoms. The molecule has 1 rings (SSSR count). The first-order valence-corrected chi connectivity index (χ1v) is 4.13. The van der Waals surface area contributed by atoms with Crippen LogP contribution in [-0.4, -0.2) is 29.1 Å². The highest BCUT2D eigenvalue weighted by atomic mass is 16.5. The number of amidine groups is 1. The van der Waals surface area contributed by atoms with E-state index in [-0.39, 0.29) is 12.4 Å². The average Bonchev–Trinajstić information content (AvgIpc) is 2.28. The van der Waals surface area contributed by atoms with Crippen molar-refractivity contribution in [3.05, 3.63) is 29.8 Å². The predicted octanol–water partition coefficient (Wildman–Crippen LogP) is 0.620. The smallest absolute Gasteiger partial charge is 0.177 e. The summed E-state index contributed by atoms with van der Waals surface area (Å²) < 4.78 is 5.22. The van der Waals surface area contributed by atoms with E-state index in [1.807, 2.05) is 0 Å². The first-order chi connectivity index (χ1) is 7.27. The van der Waals surface area contributed by atoms with Crippen molar-refractivity contribution in [2.75, 3.05) is 6.61 Å². The Bertz CT molecular complexity index is 377. The Kier molecular flexibility index (Phi) is 3.96. The van der Waals surface area contributed by atoms with Crippen LogP contribution in [0.25, 0.3) is 0 Å². The summed E-state index contributed by atoms with van der Waals surface area (Å²) in [6.45, 7) is -0.0349. The van der Waals surface area contributed by atoms with Gasteiger partial charge in [-0.2, -0.15) is 0 Å². The van der Waals surface area contributed by atoms with Gasteiger partial charge in [-0.15, -0.1) is 0 Å². The molecule has 0 amide bonds. The Hall–Kier alpha value is -2.24. The topological polar surface area (TPSA) is 100 Å². The van der Waals surface area contributed by atoms with Crippen LogP contribution >= 0.6 is 0 Å². The molecule has 1 aromatic rings. The molecule has 0 aliphatic rings. The number of benzene rings is 1. The van der Waals surface area contributed by atoms with Gasteiger partial charge < -0.3 is 20.9 Å². The second-order valence-electron chi connectivity index (χ2n) is 2.66. The summed E-state index contributed by atoms with van der Waals surface area (Å²) in [4.78, 5) is 0. The van der Waals surface area contributed by atoms with Crippen molar-refractivity contribution in [3.63, 3.8) is 0 Å². The lowest BCUT2D eigenvalue weighted by molar-refractivity contribution is 0.306. The molecular weight excluding hydrogens is 198 g/mol. The van der Waals surface area contributed by atoms with Gasteiger partial charge >= 0.3 is 0 Å². The van der Waals surface area contributed by atoms with E-state index in [9.17, 15) is 0 Å². The molecule has 0 atom stereocenters. The highest BCUT2D eigenvalue weighted by Gasteiger charge is 2.01. The minimum absolute atomic E-state index is 0.0349. The van der Waals surface area contributed by atoms with Gasteiger partial charge in [-0.1, -0.05) is 22.4 Å². The molecule has 0 radical (unpaired) electrons. The van der Waals surface area contributed by atoms with Crippen LogP contribution in [-0.2, 0) is 0 Å². The summed E-state index contributed by atoms with van der Waals surface area (Å²) in [7, 11) is 0. The summed E-state index contributed by atoms with van der Waals surface area (Å²) in [6, 6.07) is 6.92. The van der Waals surface area contributed by atoms with E-state index >= 15 is 0 Å². The third-order valence-corrected chi connectivity index (χ3v) is 1.62. The third-order valence-electron chi connectivity index (χ3n) is 1.62. The summed E-state index contributed by atoms with van der Waals surface area (Å²) in [5.74, 6) is 0.452. The molecule has 0 saturated heterocycles. The minimum Gasteiger partial charge on any atom is -0.485 e. The molecule has 4 N–H and O–H groups in total. The lowest BCUT2D eigenvalue weighted by Gasteiger charge is -2.06. The number of hydrogen-bond acceptors (Lipinski definition) is 5.